The van der Waals surface area contributed by atoms with Crippen molar-refractivity contribution in [2.24, 2.45) is 5.41 Å². The molecule has 0 aromatic carbocycles. The molecule has 1 N–H and O–H groups in total. The molecule has 3 heteroatoms. The maximum absolute atomic E-state index is 5.54. The number of nitrogens with zero attached hydrogens (tertiary/aromatic N) is 1. The first-order valence-corrected chi connectivity index (χ1v) is 7.73. The predicted octanol–water partition coefficient (Wildman–Crippen LogP) is 2.27. The molecular weight excluding hydrogens is 224 g/mol. The molecule has 3 nitrogen and oxygen atoms in total. The second kappa shape index (κ2) is 6.88. The molecule has 1 aliphatic heterocycles. The first-order chi connectivity index (χ1) is 8.79. The van der Waals surface area contributed by atoms with Crippen LogP contribution in [0.5, 0.6) is 0 Å². The minimum absolute atomic E-state index is 0.401. The molecule has 1 saturated heterocycles. The molecule has 1 aliphatic carbocycles. The van der Waals surface area contributed by atoms with Crippen molar-refractivity contribution in [1.82, 2.24) is 10.2 Å². The number of nitrogens with one attached hydrogen (secondary N) is 1. The summed E-state index contributed by atoms with van der Waals surface area (Å²) in [6, 6.07) is 0.846. The van der Waals surface area contributed by atoms with Gasteiger partial charge in [0.25, 0.3) is 0 Å². The number of hydrogen-bond donors (Lipinski definition) is 1. The van der Waals surface area contributed by atoms with Gasteiger partial charge in [-0.15, -0.1) is 0 Å². The van der Waals surface area contributed by atoms with Crippen molar-refractivity contribution in [3.05, 3.63) is 0 Å². The van der Waals surface area contributed by atoms with Gasteiger partial charge in [-0.3, -0.25) is 0 Å². The Hall–Kier alpha value is -0.120. The van der Waals surface area contributed by atoms with Crippen molar-refractivity contribution in [1.29, 1.82) is 0 Å². The van der Waals surface area contributed by atoms with Gasteiger partial charge in [0.2, 0.25) is 0 Å². The van der Waals surface area contributed by atoms with E-state index in [9.17, 15) is 0 Å². The Morgan fingerprint density at radius 2 is 1.89 bits per heavy atom. The summed E-state index contributed by atoms with van der Waals surface area (Å²) in [4.78, 5) is 2.73. The minimum atomic E-state index is 0.401. The fraction of sp³-hybridized carbons (Fsp3) is 1.00. The zero-order valence-electron chi connectivity index (χ0n) is 12.2. The van der Waals surface area contributed by atoms with Crippen LogP contribution in [0.2, 0.25) is 0 Å². The van der Waals surface area contributed by atoms with E-state index in [1.807, 2.05) is 7.11 Å². The van der Waals surface area contributed by atoms with Crippen molar-refractivity contribution < 1.29 is 4.74 Å². The topological polar surface area (TPSA) is 24.5 Å². The molecule has 0 aromatic heterocycles. The van der Waals surface area contributed by atoms with Gasteiger partial charge in [-0.05, 0) is 45.3 Å². The van der Waals surface area contributed by atoms with E-state index < -0.39 is 0 Å². The Balaban J connectivity index is 1.96. The van der Waals surface area contributed by atoms with Gasteiger partial charge in [-0.25, -0.2) is 0 Å². The van der Waals surface area contributed by atoms with E-state index in [-0.39, 0.29) is 0 Å². The van der Waals surface area contributed by atoms with Crippen LogP contribution in [0.25, 0.3) is 0 Å². The number of hydrogen-bond acceptors (Lipinski definition) is 3. The van der Waals surface area contributed by atoms with E-state index in [0.717, 1.165) is 25.7 Å². The van der Waals surface area contributed by atoms with Crippen LogP contribution < -0.4 is 5.32 Å². The van der Waals surface area contributed by atoms with Crippen molar-refractivity contribution in [2.45, 2.75) is 51.5 Å². The van der Waals surface area contributed by atoms with E-state index in [4.69, 9.17) is 4.74 Å². The normalized spacial score (nSPS) is 24.8. The molecule has 0 radical (unpaired) electrons. The Bertz CT molecular complexity index is 227. The van der Waals surface area contributed by atoms with Crippen LogP contribution in [0.15, 0.2) is 0 Å². The molecule has 0 amide bonds. The Morgan fingerprint density at radius 1 is 1.22 bits per heavy atom. The zero-order chi connectivity index (χ0) is 12.8. The molecule has 1 heterocycles. The maximum Gasteiger partial charge on any atom is 0.0531 e. The molecular formula is C15H30N2O. The minimum Gasteiger partial charge on any atom is -0.384 e. The molecule has 106 valence electrons. The SMILES string of the molecule is CCN(CC1(COC)CCNCC1)C1CCCC1. The lowest BCUT2D eigenvalue weighted by atomic mass is 9.78. The highest BCUT2D eigenvalue weighted by atomic mass is 16.5. The van der Waals surface area contributed by atoms with Crippen molar-refractivity contribution in [2.75, 3.05) is 39.9 Å². The lowest BCUT2D eigenvalue weighted by molar-refractivity contribution is 0.0126. The van der Waals surface area contributed by atoms with E-state index in [0.29, 0.717) is 5.41 Å². The standard InChI is InChI=1S/C15H30N2O/c1-3-17(14-6-4-5-7-14)12-15(13-18-2)8-10-16-11-9-15/h14,16H,3-13H2,1-2H3. The van der Waals surface area contributed by atoms with E-state index in [1.54, 1.807) is 0 Å². The van der Waals surface area contributed by atoms with Gasteiger partial charge in [0.1, 0.15) is 0 Å². The van der Waals surface area contributed by atoms with Gasteiger partial charge >= 0.3 is 0 Å². The molecule has 0 unspecified atom stereocenters. The first-order valence-electron chi connectivity index (χ1n) is 7.73. The average molecular weight is 254 g/mol. The van der Waals surface area contributed by atoms with Crippen LogP contribution in [0.4, 0.5) is 0 Å². The molecule has 0 spiro atoms. The first kappa shape index (κ1) is 14.3. The van der Waals surface area contributed by atoms with Crippen LogP contribution in [-0.2, 0) is 4.74 Å². The second-order valence-corrected chi connectivity index (χ2v) is 6.18. The summed E-state index contributed by atoms with van der Waals surface area (Å²) in [6.07, 6.45) is 8.22. The Labute approximate surface area is 112 Å². The van der Waals surface area contributed by atoms with E-state index >= 15 is 0 Å². The van der Waals surface area contributed by atoms with Crippen LogP contribution in [0.1, 0.15) is 45.4 Å². The van der Waals surface area contributed by atoms with Gasteiger partial charge in [0, 0.05) is 25.1 Å². The Morgan fingerprint density at radius 3 is 2.44 bits per heavy atom. The summed E-state index contributed by atoms with van der Waals surface area (Å²) < 4.78 is 5.54. The quantitative estimate of drug-likeness (QED) is 0.787. The average Bonchev–Trinajstić information content (AvgIpc) is 2.91. The fourth-order valence-corrected chi connectivity index (χ4v) is 3.81. The molecule has 2 fully saturated rings. The zero-order valence-corrected chi connectivity index (χ0v) is 12.2. The van der Waals surface area contributed by atoms with Gasteiger partial charge in [-0.2, -0.15) is 0 Å². The lowest BCUT2D eigenvalue weighted by Crippen LogP contribution is -2.49. The summed E-state index contributed by atoms with van der Waals surface area (Å²) in [7, 11) is 1.86. The van der Waals surface area contributed by atoms with E-state index in [1.165, 1.54) is 51.6 Å². The highest BCUT2D eigenvalue weighted by molar-refractivity contribution is 4.90. The van der Waals surface area contributed by atoms with Gasteiger partial charge in [-0.1, -0.05) is 19.8 Å². The third-order valence-corrected chi connectivity index (χ3v) is 4.90. The summed E-state index contributed by atoms with van der Waals surface area (Å²) in [5, 5.41) is 3.48. The summed E-state index contributed by atoms with van der Waals surface area (Å²) in [5.41, 5.74) is 0.401. The van der Waals surface area contributed by atoms with Gasteiger partial charge in [0.05, 0.1) is 6.61 Å². The number of piperidine rings is 1. The number of rotatable bonds is 6. The number of methoxy groups -OCH3 is 1. The van der Waals surface area contributed by atoms with Crippen LogP contribution in [0, 0.1) is 5.41 Å². The van der Waals surface area contributed by atoms with Crippen LogP contribution >= 0.6 is 0 Å². The highest BCUT2D eigenvalue weighted by Gasteiger charge is 2.35. The molecule has 0 aromatic rings. The summed E-state index contributed by atoms with van der Waals surface area (Å²) >= 11 is 0. The maximum atomic E-state index is 5.54. The van der Waals surface area contributed by atoms with E-state index in [2.05, 4.69) is 17.1 Å². The van der Waals surface area contributed by atoms with Crippen molar-refractivity contribution >= 4 is 0 Å². The molecule has 0 atom stereocenters. The number of ether oxygens (including phenoxy) is 1. The monoisotopic (exact) mass is 254 g/mol. The molecule has 2 aliphatic rings. The third kappa shape index (κ3) is 3.46. The van der Waals surface area contributed by atoms with Crippen LogP contribution in [-0.4, -0.2) is 50.8 Å². The molecule has 2 rings (SSSR count). The predicted molar refractivity (Wildman–Crippen MR) is 75.9 cm³/mol. The third-order valence-electron chi connectivity index (χ3n) is 4.90. The lowest BCUT2D eigenvalue weighted by Gasteiger charge is -2.42. The largest absolute Gasteiger partial charge is 0.384 e. The van der Waals surface area contributed by atoms with Crippen molar-refractivity contribution in [3.8, 4) is 0 Å². The second-order valence-electron chi connectivity index (χ2n) is 6.18. The molecule has 0 bridgehead atoms. The van der Waals surface area contributed by atoms with Crippen molar-refractivity contribution in [3.63, 3.8) is 0 Å². The summed E-state index contributed by atoms with van der Waals surface area (Å²) in [5.74, 6) is 0. The molecule has 1 saturated carbocycles. The molecule has 18 heavy (non-hydrogen) atoms. The van der Waals surface area contributed by atoms with Crippen LogP contribution in [0.3, 0.4) is 0 Å². The van der Waals surface area contributed by atoms with Gasteiger partial charge < -0.3 is 15.0 Å². The van der Waals surface area contributed by atoms with Gasteiger partial charge in [0.15, 0.2) is 0 Å². The fourth-order valence-electron chi connectivity index (χ4n) is 3.81. The summed E-state index contributed by atoms with van der Waals surface area (Å²) in [6.45, 7) is 8.00. The Kier molecular flexibility index (Phi) is 5.46. The highest BCUT2D eigenvalue weighted by Crippen LogP contribution is 2.33. The smallest absolute Gasteiger partial charge is 0.0531 e.